The predicted octanol–water partition coefficient (Wildman–Crippen LogP) is 4.37. The van der Waals surface area contributed by atoms with Gasteiger partial charge in [-0.3, -0.25) is 9.88 Å². The van der Waals surface area contributed by atoms with Crippen molar-refractivity contribution in [3.63, 3.8) is 0 Å². The quantitative estimate of drug-likeness (QED) is 0.690. The van der Waals surface area contributed by atoms with Crippen LogP contribution < -0.4 is 16.3 Å². The Hall–Kier alpha value is -3.19. The van der Waals surface area contributed by atoms with Crippen LogP contribution in [0.3, 0.4) is 0 Å². The largest absolute Gasteiger partial charge is 0.354 e. The van der Waals surface area contributed by atoms with E-state index in [-0.39, 0.29) is 18.1 Å². The minimum Gasteiger partial charge on any atom is -0.354 e. The number of ether oxygens (including phenoxy) is 1. The fourth-order valence-electron chi connectivity index (χ4n) is 3.79. The molecule has 2 N–H and O–H groups in total. The van der Waals surface area contributed by atoms with Gasteiger partial charge in [0.25, 0.3) is 0 Å². The summed E-state index contributed by atoms with van der Waals surface area (Å²) in [5, 5.41) is 7.50. The van der Waals surface area contributed by atoms with E-state index in [1.807, 2.05) is 42.5 Å². The van der Waals surface area contributed by atoms with Crippen LogP contribution in [0.1, 0.15) is 32.9 Å². The second-order valence-electron chi connectivity index (χ2n) is 7.39. The summed E-state index contributed by atoms with van der Waals surface area (Å²) >= 11 is 0. The van der Waals surface area contributed by atoms with Crippen molar-refractivity contribution in [1.29, 1.82) is 0 Å². The number of aromatic nitrogens is 2. The number of benzene rings is 2. The molecule has 1 saturated heterocycles. The number of hydrogen-bond donors (Lipinski definition) is 2. The van der Waals surface area contributed by atoms with Crippen molar-refractivity contribution in [3.05, 3.63) is 65.2 Å². The van der Waals surface area contributed by atoms with Gasteiger partial charge in [0, 0.05) is 11.9 Å². The van der Waals surface area contributed by atoms with E-state index in [0.717, 1.165) is 23.6 Å². The zero-order chi connectivity index (χ0) is 20.4. The number of rotatable bonds is 4. The molecule has 1 aliphatic heterocycles. The molecule has 4 rings (SSSR count). The maximum atomic E-state index is 12.4. The minimum absolute atomic E-state index is 0.150. The number of nitrogens with zero attached hydrogens (tertiary/aromatic N) is 2. The third-order valence-corrected chi connectivity index (χ3v) is 5.33. The molecule has 1 aromatic heterocycles. The highest BCUT2D eigenvalue weighted by Crippen LogP contribution is 2.33. The number of anilines is 2. The standard InChI is InChI=1S/C22H24N4O3/c1-3-18-14(2)12-20(29-18)26-11-10-19(25-22(26)28)24-21(27)23-17-9-8-15-6-4-5-7-16(15)13-17/h4-11,13-14,18,20H,3,12H2,1-2H3,(H2,23,24,25,27,28)/t14-,18-,20-/m1/s1. The molecule has 0 aliphatic carbocycles. The molecule has 3 aromatic rings. The average molecular weight is 392 g/mol. The lowest BCUT2D eigenvalue weighted by molar-refractivity contribution is -0.00747. The van der Waals surface area contributed by atoms with Gasteiger partial charge in [-0.1, -0.05) is 44.2 Å². The Bertz CT molecular complexity index is 1090. The Labute approximate surface area is 168 Å². The van der Waals surface area contributed by atoms with Gasteiger partial charge >= 0.3 is 11.7 Å². The number of carbonyl (C=O) groups excluding carboxylic acids is 1. The van der Waals surface area contributed by atoms with E-state index in [9.17, 15) is 9.59 Å². The van der Waals surface area contributed by atoms with Gasteiger partial charge in [0.1, 0.15) is 12.0 Å². The van der Waals surface area contributed by atoms with Gasteiger partial charge in [0.2, 0.25) is 0 Å². The van der Waals surface area contributed by atoms with Crippen molar-refractivity contribution < 1.29 is 9.53 Å². The van der Waals surface area contributed by atoms with Crippen molar-refractivity contribution >= 4 is 28.3 Å². The van der Waals surface area contributed by atoms with Gasteiger partial charge in [-0.25, -0.2) is 9.59 Å². The van der Waals surface area contributed by atoms with E-state index in [1.165, 1.54) is 4.57 Å². The van der Waals surface area contributed by atoms with Gasteiger partial charge in [-0.2, -0.15) is 4.98 Å². The van der Waals surface area contributed by atoms with Gasteiger partial charge in [0.05, 0.1) is 6.10 Å². The summed E-state index contributed by atoms with van der Waals surface area (Å²) in [6, 6.07) is 14.7. The number of urea groups is 1. The maximum Gasteiger partial charge on any atom is 0.351 e. The number of carbonyl (C=O) groups is 1. The van der Waals surface area contributed by atoms with Crippen molar-refractivity contribution in [2.24, 2.45) is 5.92 Å². The molecular formula is C22H24N4O3. The molecule has 0 saturated carbocycles. The lowest BCUT2D eigenvalue weighted by atomic mass is 10.0. The first kappa shape index (κ1) is 19.1. The topological polar surface area (TPSA) is 85.2 Å². The van der Waals surface area contributed by atoms with Crippen LogP contribution in [0.4, 0.5) is 16.3 Å². The molecule has 1 aliphatic rings. The zero-order valence-electron chi connectivity index (χ0n) is 16.5. The van der Waals surface area contributed by atoms with Crippen molar-refractivity contribution in [1.82, 2.24) is 9.55 Å². The summed E-state index contributed by atoms with van der Waals surface area (Å²) in [7, 11) is 0. The third-order valence-electron chi connectivity index (χ3n) is 5.33. The van der Waals surface area contributed by atoms with Gasteiger partial charge < -0.3 is 10.1 Å². The van der Waals surface area contributed by atoms with E-state index < -0.39 is 11.7 Å². The van der Waals surface area contributed by atoms with Gasteiger partial charge in [0.15, 0.2) is 0 Å². The SMILES string of the molecule is CC[C@H]1O[C@@H](n2ccc(NC(=O)Nc3ccc4ccccc4c3)nc2=O)C[C@H]1C. The monoisotopic (exact) mass is 392 g/mol. The van der Waals surface area contributed by atoms with Gasteiger partial charge in [-0.15, -0.1) is 0 Å². The highest BCUT2D eigenvalue weighted by atomic mass is 16.5. The summed E-state index contributed by atoms with van der Waals surface area (Å²) in [4.78, 5) is 28.7. The molecule has 29 heavy (non-hydrogen) atoms. The summed E-state index contributed by atoms with van der Waals surface area (Å²) in [5.41, 5.74) is 0.218. The Morgan fingerprint density at radius 2 is 1.97 bits per heavy atom. The highest BCUT2D eigenvalue weighted by Gasteiger charge is 2.32. The number of amides is 2. The summed E-state index contributed by atoms with van der Waals surface area (Å²) in [5.74, 6) is 0.588. The van der Waals surface area contributed by atoms with Crippen molar-refractivity contribution in [2.75, 3.05) is 10.6 Å². The van der Waals surface area contributed by atoms with Crippen LogP contribution in [0.5, 0.6) is 0 Å². The van der Waals surface area contributed by atoms with Crippen molar-refractivity contribution in [2.45, 2.75) is 39.0 Å². The molecule has 7 heteroatoms. The van der Waals surface area contributed by atoms with Gasteiger partial charge in [-0.05, 0) is 47.7 Å². The van der Waals surface area contributed by atoms with Crippen molar-refractivity contribution in [3.8, 4) is 0 Å². The van der Waals surface area contributed by atoms with E-state index in [4.69, 9.17) is 4.74 Å². The number of fused-ring (bicyclic) bond motifs is 1. The lowest BCUT2D eigenvalue weighted by Gasteiger charge is -2.15. The molecule has 150 valence electrons. The van der Waals surface area contributed by atoms with E-state index >= 15 is 0 Å². The van der Waals surface area contributed by atoms with Crippen LogP contribution in [0.25, 0.3) is 10.8 Å². The molecular weight excluding hydrogens is 368 g/mol. The van der Waals surface area contributed by atoms with Crippen LogP contribution in [0, 0.1) is 5.92 Å². The van der Waals surface area contributed by atoms with Crippen LogP contribution >= 0.6 is 0 Å². The van der Waals surface area contributed by atoms with E-state index in [1.54, 1.807) is 12.3 Å². The Morgan fingerprint density at radius 3 is 2.69 bits per heavy atom. The zero-order valence-corrected chi connectivity index (χ0v) is 16.5. The Kier molecular flexibility index (Phi) is 5.31. The molecule has 2 amide bonds. The first-order valence-corrected chi connectivity index (χ1v) is 9.85. The minimum atomic E-state index is -0.457. The summed E-state index contributed by atoms with van der Waals surface area (Å²) < 4.78 is 7.43. The Morgan fingerprint density at radius 1 is 1.17 bits per heavy atom. The molecule has 0 unspecified atom stereocenters. The van der Waals surface area contributed by atoms with Crippen LogP contribution in [0.15, 0.2) is 59.5 Å². The Balaban J connectivity index is 1.43. The second kappa shape index (κ2) is 8.05. The lowest BCUT2D eigenvalue weighted by Crippen LogP contribution is -2.29. The fraction of sp³-hybridized carbons (Fsp3) is 0.318. The second-order valence-corrected chi connectivity index (χ2v) is 7.39. The first-order chi connectivity index (χ1) is 14.0. The molecule has 1 fully saturated rings. The maximum absolute atomic E-state index is 12.4. The van der Waals surface area contributed by atoms with Crippen LogP contribution in [-0.4, -0.2) is 21.7 Å². The molecule has 0 bridgehead atoms. The molecule has 0 radical (unpaired) electrons. The predicted molar refractivity (Wildman–Crippen MR) is 113 cm³/mol. The normalized spacial score (nSPS) is 21.2. The fourth-order valence-corrected chi connectivity index (χ4v) is 3.79. The molecule has 0 spiro atoms. The first-order valence-electron chi connectivity index (χ1n) is 9.85. The number of nitrogens with one attached hydrogen (secondary N) is 2. The molecule has 2 aromatic carbocycles. The van der Waals surface area contributed by atoms with Crippen LogP contribution in [-0.2, 0) is 4.74 Å². The number of hydrogen-bond acceptors (Lipinski definition) is 4. The van der Waals surface area contributed by atoms with E-state index in [2.05, 4.69) is 29.5 Å². The molecule has 2 heterocycles. The average Bonchev–Trinajstić information content (AvgIpc) is 3.08. The highest BCUT2D eigenvalue weighted by molar-refractivity contribution is 6.00. The molecule has 7 nitrogen and oxygen atoms in total. The van der Waals surface area contributed by atoms with Crippen LogP contribution in [0.2, 0.25) is 0 Å². The summed E-state index contributed by atoms with van der Waals surface area (Å²) in [6.45, 7) is 4.20. The third kappa shape index (κ3) is 4.14. The smallest absolute Gasteiger partial charge is 0.351 e. The van der Waals surface area contributed by atoms with E-state index in [0.29, 0.717) is 11.6 Å². The summed E-state index contributed by atoms with van der Waals surface area (Å²) in [6.07, 6.45) is 3.15. The molecule has 3 atom stereocenters.